The van der Waals surface area contributed by atoms with Crippen molar-refractivity contribution in [1.29, 1.82) is 0 Å². The second-order valence-electron chi connectivity index (χ2n) is 4.11. The summed E-state index contributed by atoms with van der Waals surface area (Å²) >= 11 is 0. The summed E-state index contributed by atoms with van der Waals surface area (Å²) in [5.74, 6) is 0.248. The number of hydrogen-bond donors (Lipinski definition) is 2. The van der Waals surface area contributed by atoms with E-state index in [1.807, 2.05) is 6.92 Å². The van der Waals surface area contributed by atoms with Gasteiger partial charge in [0, 0.05) is 13.0 Å². The zero-order chi connectivity index (χ0) is 12.2. The van der Waals surface area contributed by atoms with Gasteiger partial charge in [0.05, 0.1) is 6.10 Å². The molecule has 0 aliphatic carbocycles. The predicted octanol–water partition coefficient (Wildman–Crippen LogP) is 2.89. The topological polar surface area (TPSA) is 67.8 Å². The van der Waals surface area contributed by atoms with Gasteiger partial charge in [-0.3, -0.25) is 0 Å². The van der Waals surface area contributed by atoms with E-state index >= 15 is 0 Å². The first-order valence-corrected chi connectivity index (χ1v) is 6.32. The number of ether oxygens (including phenoxy) is 1. The van der Waals surface area contributed by atoms with Gasteiger partial charge in [0.1, 0.15) is 5.84 Å². The normalized spacial score (nSPS) is 14.0. The number of hydrogen-bond acceptors (Lipinski definition) is 3. The van der Waals surface area contributed by atoms with E-state index in [1.54, 1.807) is 0 Å². The minimum absolute atomic E-state index is 0.0853. The number of nitrogens with zero attached hydrogens (tertiary/aromatic N) is 1. The molecule has 0 radical (unpaired) electrons. The summed E-state index contributed by atoms with van der Waals surface area (Å²) in [4.78, 5) is 0. The number of unbranched alkanes of at least 4 members (excludes halogenated alkanes) is 4. The van der Waals surface area contributed by atoms with Crippen LogP contribution in [0.15, 0.2) is 5.16 Å². The van der Waals surface area contributed by atoms with Crippen LogP contribution in [0.25, 0.3) is 0 Å². The van der Waals surface area contributed by atoms with Crippen LogP contribution in [0.2, 0.25) is 0 Å². The lowest BCUT2D eigenvalue weighted by molar-refractivity contribution is 0.0523. The molecule has 0 saturated heterocycles. The lowest BCUT2D eigenvalue weighted by Crippen LogP contribution is -2.23. The van der Waals surface area contributed by atoms with E-state index in [1.165, 1.54) is 25.7 Å². The molecule has 0 rings (SSSR count). The van der Waals surface area contributed by atoms with Gasteiger partial charge >= 0.3 is 0 Å². The maximum Gasteiger partial charge on any atom is 0.141 e. The van der Waals surface area contributed by atoms with Gasteiger partial charge in [0.25, 0.3) is 0 Å². The van der Waals surface area contributed by atoms with Crippen molar-refractivity contribution in [2.24, 2.45) is 10.9 Å². The molecular weight excluding hydrogens is 204 g/mol. The Morgan fingerprint density at radius 2 is 1.94 bits per heavy atom. The molecule has 0 spiro atoms. The zero-order valence-electron chi connectivity index (χ0n) is 10.6. The summed E-state index contributed by atoms with van der Waals surface area (Å²) in [5.41, 5.74) is 5.44. The van der Waals surface area contributed by atoms with Crippen LogP contribution in [-0.2, 0) is 4.74 Å². The summed E-state index contributed by atoms with van der Waals surface area (Å²) in [7, 11) is 0. The van der Waals surface area contributed by atoms with Crippen LogP contribution in [0.3, 0.4) is 0 Å². The van der Waals surface area contributed by atoms with Crippen LogP contribution >= 0.6 is 0 Å². The smallest absolute Gasteiger partial charge is 0.141 e. The van der Waals surface area contributed by atoms with Crippen LogP contribution in [0.4, 0.5) is 0 Å². The van der Waals surface area contributed by atoms with Crippen LogP contribution < -0.4 is 5.73 Å². The van der Waals surface area contributed by atoms with Gasteiger partial charge in [0.15, 0.2) is 0 Å². The van der Waals surface area contributed by atoms with Gasteiger partial charge < -0.3 is 15.7 Å². The fourth-order valence-corrected chi connectivity index (χ4v) is 1.55. The number of oxime groups is 1. The summed E-state index contributed by atoms with van der Waals surface area (Å²) in [6, 6.07) is 0. The fraction of sp³-hybridized carbons (Fsp3) is 0.917. The Labute approximate surface area is 98.9 Å². The molecule has 1 atom stereocenters. The Balaban J connectivity index is 3.48. The first kappa shape index (κ1) is 15.2. The molecule has 0 heterocycles. The predicted molar refractivity (Wildman–Crippen MR) is 66.8 cm³/mol. The number of nitrogens with two attached hydrogens (primary N) is 1. The molecule has 0 aromatic carbocycles. The molecule has 1 unspecified atom stereocenters. The third kappa shape index (κ3) is 8.53. The number of rotatable bonds is 10. The van der Waals surface area contributed by atoms with Gasteiger partial charge in [-0.15, -0.1) is 0 Å². The molecule has 96 valence electrons. The first-order valence-electron chi connectivity index (χ1n) is 6.32. The summed E-state index contributed by atoms with van der Waals surface area (Å²) in [6.07, 6.45) is 7.69. The molecule has 0 saturated carbocycles. The van der Waals surface area contributed by atoms with Crippen molar-refractivity contribution in [3.05, 3.63) is 0 Å². The second-order valence-corrected chi connectivity index (χ2v) is 4.11. The van der Waals surface area contributed by atoms with E-state index in [4.69, 9.17) is 15.7 Å². The van der Waals surface area contributed by atoms with Crippen molar-refractivity contribution >= 4 is 5.84 Å². The van der Waals surface area contributed by atoms with E-state index in [0.29, 0.717) is 6.42 Å². The molecule has 4 nitrogen and oxygen atoms in total. The SMILES string of the molecule is CCCCCCCOC(CC)C/C(N)=N/O. The maximum absolute atomic E-state index is 8.46. The van der Waals surface area contributed by atoms with E-state index < -0.39 is 0 Å². The van der Waals surface area contributed by atoms with Crippen molar-refractivity contribution in [2.45, 2.75) is 64.9 Å². The maximum atomic E-state index is 8.46. The van der Waals surface area contributed by atoms with Crippen molar-refractivity contribution in [1.82, 2.24) is 0 Å². The molecule has 0 aromatic rings. The van der Waals surface area contributed by atoms with Gasteiger partial charge in [-0.2, -0.15) is 0 Å². The molecule has 0 fully saturated rings. The Bertz CT molecular complexity index is 184. The molecule has 0 aromatic heterocycles. The fourth-order valence-electron chi connectivity index (χ4n) is 1.55. The highest BCUT2D eigenvalue weighted by molar-refractivity contribution is 5.80. The quantitative estimate of drug-likeness (QED) is 0.199. The van der Waals surface area contributed by atoms with Gasteiger partial charge in [0.2, 0.25) is 0 Å². The third-order valence-corrected chi connectivity index (χ3v) is 2.62. The Morgan fingerprint density at radius 3 is 2.50 bits per heavy atom. The second kappa shape index (κ2) is 10.7. The van der Waals surface area contributed by atoms with Crippen molar-refractivity contribution < 1.29 is 9.94 Å². The Kier molecular flexibility index (Phi) is 10.2. The lowest BCUT2D eigenvalue weighted by Gasteiger charge is -2.15. The van der Waals surface area contributed by atoms with Crippen LogP contribution in [-0.4, -0.2) is 23.8 Å². The van der Waals surface area contributed by atoms with Crippen LogP contribution in [0, 0.1) is 0 Å². The molecule has 16 heavy (non-hydrogen) atoms. The van der Waals surface area contributed by atoms with E-state index in [9.17, 15) is 0 Å². The molecule has 0 amide bonds. The molecule has 3 N–H and O–H groups in total. The largest absolute Gasteiger partial charge is 0.409 e. The monoisotopic (exact) mass is 230 g/mol. The Hall–Kier alpha value is -0.770. The van der Waals surface area contributed by atoms with E-state index in [2.05, 4.69) is 12.1 Å². The van der Waals surface area contributed by atoms with Crippen molar-refractivity contribution in [3.8, 4) is 0 Å². The standard InChI is InChI=1S/C12H26N2O2/c1-3-5-6-7-8-9-16-11(4-2)10-12(13)14-15/h11,15H,3-10H2,1-2H3,(H2,13,14). The van der Waals surface area contributed by atoms with Crippen molar-refractivity contribution in [2.75, 3.05) is 6.61 Å². The highest BCUT2D eigenvalue weighted by Crippen LogP contribution is 2.07. The Morgan fingerprint density at radius 1 is 1.25 bits per heavy atom. The highest BCUT2D eigenvalue weighted by Gasteiger charge is 2.08. The minimum atomic E-state index is 0.0853. The summed E-state index contributed by atoms with van der Waals surface area (Å²) < 4.78 is 5.67. The molecule has 4 heteroatoms. The van der Waals surface area contributed by atoms with Gasteiger partial charge in [-0.1, -0.05) is 44.7 Å². The molecular formula is C12H26N2O2. The van der Waals surface area contributed by atoms with Gasteiger partial charge in [-0.25, -0.2) is 0 Å². The minimum Gasteiger partial charge on any atom is -0.409 e. The van der Waals surface area contributed by atoms with E-state index in [-0.39, 0.29) is 11.9 Å². The van der Waals surface area contributed by atoms with Crippen LogP contribution in [0.1, 0.15) is 58.8 Å². The molecule has 0 aliphatic heterocycles. The molecule has 0 aliphatic rings. The van der Waals surface area contributed by atoms with Gasteiger partial charge in [-0.05, 0) is 12.8 Å². The first-order chi connectivity index (χ1) is 7.74. The number of amidine groups is 1. The summed E-state index contributed by atoms with van der Waals surface area (Å²) in [6.45, 7) is 5.04. The molecule has 0 bridgehead atoms. The average Bonchev–Trinajstić information content (AvgIpc) is 2.31. The summed E-state index contributed by atoms with van der Waals surface area (Å²) in [5, 5.41) is 11.4. The lowest BCUT2D eigenvalue weighted by atomic mass is 10.1. The highest BCUT2D eigenvalue weighted by atomic mass is 16.5. The van der Waals surface area contributed by atoms with Crippen LogP contribution in [0.5, 0.6) is 0 Å². The average molecular weight is 230 g/mol. The zero-order valence-corrected chi connectivity index (χ0v) is 10.6. The van der Waals surface area contributed by atoms with E-state index in [0.717, 1.165) is 19.4 Å². The third-order valence-electron chi connectivity index (χ3n) is 2.62. The van der Waals surface area contributed by atoms with Crippen molar-refractivity contribution in [3.63, 3.8) is 0 Å².